The van der Waals surface area contributed by atoms with E-state index in [0.29, 0.717) is 18.4 Å². The van der Waals surface area contributed by atoms with E-state index in [1.807, 2.05) is 39.0 Å². The maximum Gasteiger partial charge on any atom is 0.412 e. The fraction of sp³-hybridized carbons (Fsp3) is 0.562. The van der Waals surface area contributed by atoms with E-state index >= 15 is 0 Å². The molecule has 0 bridgehead atoms. The lowest BCUT2D eigenvalue weighted by molar-refractivity contribution is 0.0636. The van der Waals surface area contributed by atoms with Crippen molar-refractivity contribution in [1.82, 2.24) is 0 Å². The number of anilines is 1. The van der Waals surface area contributed by atoms with Gasteiger partial charge in [0, 0.05) is 5.69 Å². The second-order valence-corrected chi connectivity index (χ2v) is 6.42. The Morgan fingerprint density at radius 1 is 1.43 bits per heavy atom. The zero-order valence-corrected chi connectivity index (χ0v) is 13.1. The Kier molecular flexibility index (Phi) is 4.42. The van der Waals surface area contributed by atoms with Crippen LogP contribution in [-0.2, 0) is 4.74 Å². The van der Waals surface area contributed by atoms with E-state index in [2.05, 4.69) is 5.32 Å². The Morgan fingerprint density at radius 3 is 2.67 bits per heavy atom. The third-order valence-electron chi connectivity index (χ3n) is 3.52. The van der Waals surface area contributed by atoms with Gasteiger partial charge < -0.3 is 15.2 Å². The quantitative estimate of drug-likeness (QED) is 0.894. The van der Waals surface area contributed by atoms with Gasteiger partial charge in [-0.25, -0.2) is 4.79 Å². The summed E-state index contributed by atoms with van der Waals surface area (Å²) in [5, 5.41) is 2.83. The van der Waals surface area contributed by atoms with E-state index in [1.54, 1.807) is 7.11 Å². The molecule has 0 radical (unpaired) electrons. The van der Waals surface area contributed by atoms with Gasteiger partial charge in [0.25, 0.3) is 0 Å². The molecule has 1 aromatic rings. The Hall–Kier alpha value is -1.75. The molecule has 0 heterocycles. The van der Waals surface area contributed by atoms with Crippen molar-refractivity contribution in [3.63, 3.8) is 0 Å². The Bertz CT molecular complexity index is 523. The Morgan fingerprint density at radius 2 is 2.14 bits per heavy atom. The van der Waals surface area contributed by atoms with E-state index in [0.717, 1.165) is 23.4 Å². The lowest BCUT2D eigenvalue weighted by Gasteiger charge is -2.20. The summed E-state index contributed by atoms with van der Waals surface area (Å²) < 4.78 is 10.6. The third kappa shape index (κ3) is 4.11. The molecule has 1 aromatic carbocycles. The van der Waals surface area contributed by atoms with Crippen LogP contribution in [0.3, 0.4) is 0 Å². The smallest absolute Gasteiger partial charge is 0.412 e. The molecule has 3 N–H and O–H groups in total. The van der Waals surface area contributed by atoms with Gasteiger partial charge in [0.2, 0.25) is 0 Å². The van der Waals surface area contributed by atoms with Crippen molar-refractivity contribution in [2.75, 3.05) is 19.0 Å². The molecule has 1 saturated carbocycles. The first kappa shape index (κ1) is 15.6. The van der Waals surface area contributed by atoms with Crippen molar-refractivity contribution in [1.29, 1.82) is 0 Å². The molecular weight excluding hydrogens is 268 g/mol. The number of carbonyl (C=O) groups is 1. The summed E-state index contributed by atoms with van der Waals surface area (Å²) in [4.78, 5) is 11.9. The van der Waals surface area contributed by atoms with Crippen LogP contribution in [0.2, 0.25) is 0 Å². The van der Waals surface area contributed by atoms with Crippen molar-refractivity contribution in [3.8, 4) is 5.75 Å². The zero-order chi connectivity index (χ0) is 15.6. The minimum Gasteiger partial charge on any atom is -0.497 e. The van der Waals surface area contributed by atoms with Gasteiger partial charge in [0.05, 0.1) is 7.11 Å². The lowest BCUT2D eigenvalue weighted by atomic mass is 10.1. The van der Waals surface area contributed by atoms with Crippen molar-refractivity contribution < 1.29 is 14.3 Å². The van der Waals surface area contributed by atoms with E-state index < -0.39 is 11.7 Å². The molecule has 116 valence electrons. The van der Waals surface area contributed by atoms with Gasteiger partial charge in [-0.3, -0.25) is 5.32 Å². The first-order chi connectivity index (χ1) is 9.84. The number of hydrogen-bond donors (Lipinski definition) is 2. The minimum atomic E-state index is -0.518. The second-order valence-electron chi connectivity index (χ2n) is 6.42. The number of nitrogens with two attached hydrogens (primary N) is 1. The maximum atomic E-state index is 11.9. The molecule has 2 atom stereocenters. The van der Waals surface area contributed by atoms with E-state index in [9.17, 15) is 4.79 Å². The van der Waals surface area contributed by atoms with Crippen molar-refractivity contribution in [2.45, 2.75) is 38.7 Å². The van der Waals surface area contributed by atoms with Gasteiger partial charge in [-0.2, -0.15) is 0 Å². The van der Waals surface area contributed by atoms with Crippen LogP contribution in [0.15, 0.2) is 18.2 Å². The number of rotatable bonds is 4. The van der Waals surface area contributed by atoms with Crippen LogP contribution >= 0.6 is 0 Å². The summed E-state index contributed by atoms with van der Waals surface area (Å²) >= 11 is 0. The highest BCUT2D eigenvalue weighted by molar-refractivity contribution is 5.86. The predicted octanol–water partition coefficient (Wildman–Crippen LogP) is 3.10. The summed E-state index contributed by atoms with van der Waals surface area (Å²) in [7, 11) is 1.63. The highest BCUT2D eigenvalue weighted by Gasteiger charge is 2.39. The van der Waals surface area contributed by atoms with Crippen molar-refractivity contribution >= 4 is 11.8 Å². The number of ether oxygens (including phenoxy) is 2. The summed E-state index contributed by atoms with van der Waals surface area (Å²) in [5.41, 5.74) is 7.04. The van der Waals surface area contributed by atoms with E-state index in [1.165, 1.54) is 0 Å². The van der Waals surface area contributed by atoms with Gasteiger partial charge in [0.15, 0.2) is 0 Å². The van der Waals surface area contributed by atoms with Gasteiger partial charge in [-0.1, -0.05) is 0 Å². The normalized spacial score (nSPS) is 20.8. The molecule has 1 amide bonds. The fourth-order valence-electron chi connectivity index (χ4n) is 2.39. The molecule has 1 aliphatic rings. The molecule has 1 fully saturated rings. The molecule has 1 aliphatic carbocycles. The third-order valence-corrected chi connectivity index (χ3v) is 3.52. The molecule has 5 nitrogen and oxygen atoms in total. The van der Waals surface area contributed by atoms with Crippen LogP contribution in [-0.4, -0.2) is 25.3 Å². The van der Waals surface area contributed by atoms with Crippen molar-refractivity contribution in [3.05, 3.63) is 23.8 Å². The van der Waals surface area contributed by atoms with Crippen LogP contribution in [0.4, 0.5) is 10.5 Å². The molecular formula is C16H24N2O3. The average Bonchev–Trinajstić information content (AvgIpc) is 3.16. The molecule has 0 aliphatic heterocycles. The predicted molar refractivity (Wildman–Crippen MR) is 82.8 cm³/mol. The summed E-state index contributed by atoms with van der Waals surface area (Å²) in [6.45, 7) is 6.18. The van der Waals surface area contributed by atoms with Crippen LogP contribution in [0.1, 0.15) is 38.7 Å². The van der Waals surface area contributed by atoms with Gasteiger partial charge in [-0.15, -0.1) is 0 Å². The van der Waals surface area contributed by atoms with E-state index in [4.69, 9.17) is 15.2 Å². The summed E-state index contributed by atoms with van der Waals surface area (Å²) in [6.07, 6.45) is 0.603. The molecule has 5 heteroatoms. The lowest BCUT2D eigenvalue weighted by Crippen LogP contribution is -2.27. The SMILES string of the molecule is COc1ccc(NC(=O)OC(C)(C)C)c([C@@H]2C[C@H]2CN)c1. The molecule has 0 saturated heterocycles. The van der Waals surface area contributed by atoms with Crippen LogP contribution < -0.4 is 15.8 Å². The maximum absolute atomic E-state index is 11.9. The van der Waals surface area contributed by atoms with Gasteiger partial charge in [-0.05, 0) is 69.3 Å². The van der Waals surface area contributed by atoms with E-state index in [-0.39, 0.29) is 0 Å². The number of amides is 1. The largest absolute Gasteiger partial charge is 0.497 e. The molecule has 0 aromatic heterocycles. The number of benzene rings is 1. The first-order valence-corrected chi connectivity index (χ1v) is 7.22. The zero-order valence-electron chi connectivity index (χ0n) is 13.1. The van der Waals surface area contributed by atoms with Crippen LogP contribution in [0.25, 0.3) is 0 Å². The summed E-state index contributed by atoms with van der Waals surface area (Å²) in [6, 6.07) is 5.65. The highest BCUT2D eigenvalue weighted by Crippen LogP contribution is 2.49. The van der Waals surface area contributed by atoms with Gasteiger partial charge >= 0.3 is 6.09 Å². The number of carbonyl (C=O) groups excluding carboxylic acids is 1. The first-order valence-electron chi connectivity index (χ1n) is 7.22. The standard InChI is InChI=1S/C16H24N2O3/c1-16(2,3)21-15(19)18-14-6-5-11(20-4)8-13(14)12-7-10(12)9-17/h5-6,8,10,12H,7,9,17H2,1-4H3,(H,18,19)/t10-,12+/m0/s1. The number of methoxy groups -OCH3 is 1. The Balaban J connectivity index is 2.17. The highest BCUT2D eigenvalue weighted by atomic mass is 16.6. The Labute approximate surface area is 125 Å². The molecule has 2 rings (SSSR count). The molecule has 0 unspecified atom stereocenters. The number of hydrogen-bond acceptors (Lipinski definition) is 4. The molecule has 0 spiro atoms. The monoisotopic (exact) mass is 292 g/mol. The minimum absolute atomic E-state index is 0.384. The van der Waals surface area contributed by atoms with Crippen LogP contribution in [0, 0.1) is 5.92 Å². The molecule has 21 heavy (non-hydrogen) atoms. The topological polar surface area (TPSA) is 73.6 Å². The second kappa shape index (κ2) is 5.93. The average molecular weight is 292 g/mol. The van der Waals surface area contributed by atoms with Crippen molar-refractivity contribution in [2.24, 2.45) is 11.7 Å². The summed E-state index contributed by atoms with van der Waals surface area (Å²) in [5.74, 6) is 1.65. The van der Waals surface area contributed by atoms with Crippen LogP contribution in [0.5, 0.6) is 5.75 Å². The number of nitrogens with one attached hydrogen (secondary N) is 1. The van der Waals surface area contributed by atoms with Gasteiger partial charge in [0.1, 0.15) is 11.4 Å². The fourth-order valence-corrected chi connectivity index (χ4v) is 2.39.